The van der Waals surface area contributed by atoms with E-state index in [-0.39, 0.29) is 19.4 Å². The largest absolute Gasteiger partial charge is 0.472 e. The highest BCUT2D eigenvalue weighted by Gasteiger charge is 2.27. The van der Waals surface area contributed by atoms with E-state index in [1.54, 1.807) is 0 Å². The van der Waals surface area contributed by atoms with Crippen LogP contribution in [0.4, 0.5) is 0 Å². The summed E-state index contributed by atoms with van der Waals surface area (Å²) >= 11 is 0. The van der Waals surface area contributed by atoms with E-state index in [9.17, 15) is 24.2 Å². The van der Waals surface area contributed by atoms with E-state index in [1.807, 2.05) is 12.2 Å². The van der Waals surface area contributed by atoms with Crippen LogP contribution in [0.5, 0.6) is 0 Å². The number of phosphoric ester groups is 1. The molecule has 3 N–H and O–H groups in total. The highest BCUT2D eigenvalue weighted by Crippen LogP contribution is 2.43. The molecule has 2 unspecified atom stereocenters. The van der Waals surface area contributed by atoms with Crippen LogP contribution in [-0.2, 0) is 32.7 Å². The Morgan fingerprint density at radius 3 is 1.64 bits per heavy atom. The summed E-state index contributed by atoms with van der Waals surface area (Å²) in [5, 5.41) is 18.3. The molecule has 0 heterocycles. The molecule has 0 amide bonds. The number of esters is 2. The zero-order chi connectivity index (χ0) is 37.0. The first-order chi connectivity index (χ1) is 24.2. The normalized spacial score (nSPS) is 14.4. The van der Waals surface area contributed by atoms with E-state index >= 15 is 0 Å². The van der Waals surface area contributed by atoms with Crippen LogP contribution in [0.3, 0.4) is 0 Å². The number of unbranched alkanes of at least 4 members (excludes halogenated alkanes) is 16. The SMILES string of the molecule is CCCCCCCC/C=C/C/C=C/CCC(=O)OC(COC(=O)CCCCC/C=C/CCCCCCCCC)COP(=O)(O)OC[C@@H](O)CO. The van der Waals surface area contributed by atoms with Crippen LogP contribution in [0.1, 0.15) is 162 Å². The predicted molar refractivity (Wildman–Crippen MR) is 201 cm³/mol. The Balaban J connectivity index is 4.46. The third kappa shape index (κ3) is 34.6. The lowest BCUT2D eigenvalue weighted by Crippen LogP contribution is -2.29. The second-order valence-corrected chi connectivity index (χ2v) is 14.4. The number of ether oxygens (including phenoxy) is 2. The molecule has 0 radical (unpaired) electrons. The van der Waals surface area contributed by atoms with Crippen LogP contribution in [0.2, 0.25) is 0 Å². The summed E-state index contributed by atoms with van der Waals surface area (Å²) in [4.78, 5) is 34.8. The monoisotopic (exact) mass is 730 g/mol. The zero-order valence-corrected chi connectivity index (χ0v) is 32.3. The maximum Gasteiger partial charge on any atom is 0.472 e. The summed E-state index contributed by atoms with van der Waals surface area (Å²) in [6, 6.07) is 0. The van der Waals surface area contributed by atoms with Gasteiger partial charge in [-0.2, -0.15) is 0 Å². The third-order valence-electron chi connectivity index (χ3n) is 8.03. The average molecular weight is 731 g/mol. The fourth-order valence-corrected chi connectivity index (χ4v) is 5.77. The number of aliphatic hydroxyl groups is 2. The van der Waals surface area contributed by atoms with Crippen molar-refractivity contribution in [1.29, 1.82) is 0 Å². The van der Waals surface area contributed by atoms with Gasteiger partial charge in [0.1, 0.15) is 12.7 Å². The molecule has 11 heteroatoms. The second kappa shape index (κ2) is 35.6. The Morgan fingerprint density at radius 2 is 1.08 bits per heavy atom. The quantitative estimate of drug-likeness (QED) is 0.0246. The standard InChI is InChI=1S/C39H71O10P/c1-3-5-7-9-11-13-15-17-19-20-22-24-26-28-30-38(42)46-34-37(35-48-50(44,45)47-33-36(41)32-40)49-39(43)31-29-27-25-23-21-18-16-14-12-10-8-6-4-2/h18-21,25,27,36-37,40-41H,3-17,22-24,26,28-35H2,1-2H3,(H,44,45)/b20-19+,21-18+,27-25+/t36-,37?/m0/s1. The summed E-state index contributed by atoms with van der Waals surface area (Å²) in [7, 11) is -4.63. The average Bonchev–Trinajstić information content (AvgIpc) is 3.10. The van der Waals surface area contributed by atoms with Gasteiger partial charge in [0.15, 0.2) is 6.10 Å². The lowest BCUT2D eigenvalue weighted by Gasteiger charge is -2.20. The first-order valence-corrected chi connectivity index (χ1v) is 20.9. The topological polar surface area (TPSA) is 149 Å². The number of hydrogen-bond donors (Lipinski definition) is 3. The van der Waals surface area contributed by atoms with Crippen molar-refractivity contribution in [3.8, 4) is 0 Å². The maximum atomic E-state index is 12.5. The van der Waals surface area contributed by atoms with Crippen molar-refractivity contribution in [2.45, 2.75) is 174 Å². The number of hydrogen-bond acceptors (Lipinski definition) is 9. The molecule has 0 aliphatic heterocycles. The van der Waals surface area contributed by atoms with Gasteiger partial charge in [-0.3, -0.25) is 18.6 Å². The van der Waals surface area contributed by atoms with E-state index in [2.05, 4.69) is 42.7 Å². The highest BCUT2D eigenvalue weighted by molar-refractivity contribution is 7.47. The molecule has 0 fully saturated rings. The number of carbonyl (C=O) groups is 2. The van der Waals surface area contributed by atoms with Gasteiger partial charge in [-0.05, 0) is 57.8 Å². The minimum absolute atomic E-state index is 0.0753. The molecular weight excluding hydrogens is 659 g/mol. The van der Waals surface area contributed by atoms with Crippen molar-refractivity contribution < 1.29 is 47.8 Å². The summed E-state index contributed by atoms with van der Waals surface area (Å²) < 4.78 is 32.5. The molecule has 0 aromatic rings. The van der Waals surface area contributed by atoms with Gasteiger partial charge < -0.3 is 24.6 Å². The third-order valence-corrected chi connectivity index (χ3v) is 8.98. The molecular formula is C39H71O10P. The van der Waals surface area contributed by atoms with E-state index < -0.39 is 51.8 Å². The summed E-state index contributed by atoms with van der Waals surface area (Å²) in [5.41, 5.74) is 0. The molecule has 0 aromatic carbocycles. The molecule has 292 valence electrons. The van der Waals surface area contributed by atoms with Gasteiger partial charge in [-0.15, -0.1) is 0 Å². The highest BCUT2D eigenvalue weighted by atomic mass is 31.2. The fraction of sp³-hybridized carbons (Fsp3) is 0.795. The molecule has 3 atom stereocenters. The van der Waals surface area contributed by atoms with Gasteiger partial charge in [0.2, 0.25) is 0 Å². The van der Waals surface area contributed by atoms with Gasteiger partial charge in [-0.1, -0.05) is 127 Å². The van der Waals surface area contributed by atoms with Gasteiger partial charge in [0.25, 0.3) is 0 Å². The van der Waals surface area contributed by atoms with Crippen molar-refractivity contribution in [1.82, 2.24) is 0 Å². The van der Waals surface area contributed by atoms with Gasteiger partial charge in [-0.25, -0.2) is 4.57 Å². The fourth-order valence-electron chi connectivity index (χ4n) is 4.98. The summed E-state index contributed by atoms with van der Waals surface area (Å²) in [6.45, 7) is 2.27. The number of allylic oxidation sites excluding steroid dienone is 6. The van der Waals surface area contributed by atoms with Crippen LogP contribution in [0.25, 0.3) is 0 Å². The Morgan fingerprint density at radius 1 is 0.600 bits per heavy atom. The predicted octanol–water partition coefficient (Wildman–Crippen LogP) is 9.61. The van der Waals surface area contributed by atoms with Gasteiger partial charge >= 0.3 is 19.8 Å². The van der Waals surface area contributed by atoms with Crippen LogP contribution in [0, 0.1) is 0 Å². The van der Waals surface area contributed by atoms with Crippen LogP contribution in [-0.4, -0.2) is 65.7 Å². The Bertz CT molecular complexity index is 936. The first kappa shape index (κ1) is 48.2. The minimum atomic E-state index is -4.63. The number of rotatable bonds is 36. The lowest BCUT2D eigenvalue weighted by molar-refractivity contribution is -0.161. The molecule has 0 saturated heterocycles. The van der Waals surface area contributed by atoms with E-state index in [0.717, 1.165) is 38.5 Å². The summed E-state index contributed by atoms with van der Waals surface area (Å²) in [6.07, 6.45) is 34.2. The number of phosphoric acid groups is 1. The Hall–Kier alpha value is -1.81. The van der Waals surface area contributed by atoms with Crippen LogP contribution < -0.4 is 0 Å². The molecule has 50 heavy (non-hydrogen) atoms. The Kier molecular flexibility index (Phi) is 34.3. The molecule has 0 aliphatic rings. The van der Waals surface area contributed by atoms with Crippen molar-refractivity contribution in [2.75, 3.05) is 26.4 Å². The molecule has 0 rings (SSSR count). The first-order valence-electron chi connectivity index (χ1n) is 19.4. The van der Waals surface area contributed by atoms with E-state index in [4.69, 9.17) is 19.1 Å². The van der Waals surface area contributed by atoms with Crippen molar-refractivity contribution in [2.24, 2.45) is 0 Å². The van der Waals surface area contributed by atoms with Crippen molar-refractivity contribution >= 4 is 19.8 Å². The molecule has 0 aromatic heterocycles. The van der Waals surface area contributed by atoms with Crippen LogP contribution >= 0.6 is 7.82 Å². The number of carbonyl (C=O) groups excluding carboxylic acids is 2. The lowest BCUT2D eigenvalue weighted by atomic mass is 10.1. The minimum Gasteiger partial charge on any atom is -0.462 e. The van der Waals surface area contributed by atoms with Crippen molar-refractivity contribution in [3.05, 3.63) is 36.5 Å². The summed E-state index contributed by atoms with van der Waals surface area (Å²) in [5.74, 6) is -1.02. The van der Waals surface area contributed by atoms with E-state index in [0.29, 0.717) is 12.8 Å². The smallest absolute Gasteiger partial charge is 0.462 e. The zero-order valence-electron chi connectivity index (χ0n) is 31.4. The number of aliphatic hydroxyl groups excluding tert-OH is 2. The maximum absolute atomic E-state index is 12.5. The molecule has 10 nitrogen and oxygen atoms in total. The Labute approximate surface area is 303 Å². The molecule has 0 spiro atoms. The van der Waals surface area contributed by atoms with Crippen molar-refractivity contribution in [3.63, 3.8) is 0 Å². The molecule has 0 bridgehead atoms. The second-order valence-electron chi connectivity index (χ2n) is 12.9. The van der Waals surface area contributed by atoms with Gasteiger partial charge in [0, 0.05) is 12.8 Å². The van der Waals surface area contributed by atoms with E-state index in [1.165, 1.54) is 83.5 Å². The van der Waals surface area contributed by atoms with Gasteiger partial charge in [0.05, 0.1) is 19.8 Å². The molecule has 0 saturated carbocycles. The molecule has 0 aliphatic carbocycles. The van der Waals surface area contributed by atoms with Crippen LogP contribution in [0.15, 0.2) is 36.5 Å².